The molecule has 0 aliphatic carbocycles. The molecular formula is C35H29NO10. The minimum atomic E-state index is -1.54. The van der Waals surface area contributed by atoms with E-state index in [1.807, 2.05) is 0 Å². The van der Waals surface area contributed by atoms with Crippen molar-refractivity contribution in [3.8, 4) is 11.5 Å². The van der Waals surface area contributed by atoms with Crippen molar-refractivity contribution in [3.63, 3.8) is 0 Å². The number of benzene rings is 4. The van der Waals surface area contributed by atoms with E-state index in [4.69, 9.17) is 23.7 Å². The number of rotatable bonds is 9. The number of esters is 2. The van der Waals surface area contributed by atoms with Gasteiger partial charge in [-0.1, -0.05) is 48.5 Å². The normalized spacial score (nSPS) is 22.1. The molecule has 4 aromatic rings. The number of carbonyl (C=O) groups excluding carboxylic acids is 4. The topological polar surface area (TPSA) is 138 Å². The van der Waals surface area contributed by atoms with Crippen LogP contribution in [0.15, 0.2) is 109 Å². The lowest BCUT2D eigenvalue weighted by Crippen LogP contribution is -2.68. The van der Waals surface area contributed by atoms with Gasteiger partial charge in [0.25, 0.3) is 11.8 Å². The van der Waals surface area contributed by atoms with Crippen LogP contribution >= 0.6 is 0 Å². The smallest absolute Gasteiger partial charge is 0.338 e. The Morgan fingerprint density at radius 1 is 0.696 bits per heavy atom. The highest BCUT2D eigenvalue weighted by atomic mass is 16.7. The minimum Gasteiger partial charge on any atom is -0.497 e. The molecule has 5 atom stereocenters. The third-order valence-corrected chi connectivity index (χ3v) is 7.74. The number of aliphatic hydroxyl groups is 1. The molecule has 2 aliphatic rings. The number of carbonyl (C=O) groups is 4. The summed E-state index contributed by atoms with van der Waals surface area (Å²) in [4.78, 5) is 55.6. The molecular weight excluding hydrogens is 594 g/mol. The van der Waals surface area contributed by atoms with Gasteiger partial charge in [-0.05, 0) is 60.7 Å². The van der Waals surface area contributed by atoms with Crippen molar-refractivity contribution in [2.45, 2.75) is 30.6 Å². The van der Waals surface area contributed by atoms with Crippen molar-refractivity contribution < 1.29 is 48.0 Å². The molecule has 0 saturated carbocycles. The monoisotopic (exact) mass is 623 g/mol. The summed E-state index contributed by atoms with van der Waals surface area (Å²) >= 11 is 0. The van der Waals surface area contributed by atoms with Crippen LogP contribution in [0.25, 0.3) is 0 Å². The zero-order valence-electron chi connectivity index (χ0n) is 24.6. The van der Waals surface area contributed by atoms with Crippen molar-refractivity contribution in [2.24, 2.45) is 0 Å². The van der Waals surface area contributed by atoms with E-state index in [1.165, 1.54) is 43.5 Å². The van der Waals surface area contributed by atoms with Gasteiger partial charge in [0, 0.05) is 0 Å². The second-order valence-corrected chi connectivity index (χ2v) is 10.5. The summed E-state index contributed by atoms with van der Waals surface area (Å²) in [5, 5.41) is 10.5. The van der Waals surface area contributed by atoms with Crippen LogP contribution in [0, 0.1) is 0 Å². The molecule has 0 radical (unpaired) electrons. The van der Waals surface area contributed by atoms with Crippen LogP contribution in [0.2, 0.25) is 0 Å². The Balaban J connectivity index is 1.45. The van der Waals surface area contributed by atoms with E-state index < -0.39 is 61.0 Å². The van der Waals surface area contributed by atoms with Crippen LogP contribution in [-0.2, 0) is 14.2 Å². The average Bonchev–Trinajstić information content (AvgIpc) is 3.35. The maximum atomic E-state index is 13.9. The Morgan fingerprint density at radius 2 is 1.17 bits per heavy atom. The Kier molecular flexibility index (Phi) is 8.77. The fourth-order valence-electron chi connectivity index (χ4n) is 5.48. The number of methoxy groups -OCH3 is 1. The summed E-state index contributed by atoms with van der Waals surface area (Å²) in [5.41, 5.74) is 0.606. The molecule has 0 bridgehead atoms. The lowest BCUT2D eigenvalue weighted by Gasteiger charge is -2.46. The van der Waals surface area contributed by atoms with E-state index in [0.29, 0.717) is 5.75 Å². The van der Waals surface area contributed by atoms with Crippen molar-refractivity contribution in [2.75, 3.05) is 13.7 Å². The molecule has 1 saturated heterocycles. The second-order valence-electron chi connectivity index (χ2n) is 10.5. The third-order valence-electron chi connectivity index (χ3n) is 7.74. The van der Waals surface area contributed by atoms with Gasteiger partial charge >= 0.3 is 11.9 Å². The van der Waals surface area contributed by atoms with Gasteiger partial charge in [0.1, 0.15) is 23.6 Å². The van der Waals surface area contributed by atoms with E-state index in [-0.39, 0.29) is 28.0 Å². The number of amides is 2. The van der Waals surface area contributed by atoms with Gasteiger partial charge in [-0.3, -0.25) is 14.5 Å². The first kappa shape index (κ1) is 30.5. The van der Waals surface area contributed by atoms with Crippen molar-refractivity contribution in [3.05, 3.63) is 131 Å². The third kappa shape index (κ3) is 5.93. The summed E-state index contributed by atoms with van der Waals surface area (Å²) in [5.74, 6) is -2.19. The lowest BCUT2D eigenvalue weighted by atomic mass is 9.94. The van der Waals surface area contributed by atoms with Gasteiger partial charge in [0.15, 0.2) is 12.2 Å². The first-order chi connectivity index (χ1) is 22.4. The quantitative estimate of drug-likeness (QED) is 0.216. The predicted octanol–water partition coefficient (Wildman–Crippen LogP) is 3.91. The number of imide groups is 1. The van der Waals surface area contributed by atoms with E-state index in [9.17, 15) is 24.3 Å². The summed E-state index contributed by atoms with van der Waals surface area (Å²) in [7, 11) is 1.51. The summed E-state index contributed by atoms with van der Waals surface area (Å²) in [6.07, 6.45) is -5.80. The van der Waals surface area contributed by atoms with Gasteiger partial charge < -0.3 is 28.8 Å². The Hall–Kier alpha value is -5.52. The summed E-state index contributed by atoms with van der Waals surface area (Å²) in [6, 6.07) is 27.3. The molecule has 46 heavy (non-hydrogen) atoms. The van der Waals surface area contributed by atoms with Gasteiger partial charge in [0.2, 0.25) is 6.29 Å². The molecule has 1 fully saturated rings. The van der Waals surface area contributed by atoms with Crippen molar-refractivity contribution >= 4 is 23.8 Å². The largest absolute Gasteiger partial charge is 0.497 e. The first-order valence-electron chi connectivity index (χ1n) is 14.5. The van der Waals surface area contributed by atoms with Gasteiger partial charge in [0.05, 0.1) is 36.0 Å². The average molecular weight is 624 g/mol. The second kappa shape index (κ2) is 13.2. The molecule has 11 nitrogen and oxygen atoms in total. The number of aliphatic hydroxyl groups excluding tert-OH is 1. The summed E-state index contributed by atoms with van der Waals surface area (Å²) in [6.45, 7) is -0.691. The van der Waals surface area contributed by atoms with Crippen LogP contribution in [0.3, 0.4) is 0 Å². The van der Waals surface area contributed by atoms with Crippen LogP contribution in [0.4, 0.5) is 0 Å². The van der Waals surface area contributed by atoms with E-state index >= 15 is 0 Å². The molecule has 1 N–H and O–H groups in total. The molecule has 0 aromatic heterocycles. The SMILES string of the molecule is COc1ccc(O[C@@H]2O[C@H](CO)[C@@H](OC(=O)c3ccccc3)[C@H](OC(=O)c3ccccc3)[C@H]2N2C(=O)c3ccccc3C2=O)cc1. The summed E-state index contributed by atoms with van der Waals surface area (Å²) < 4.78 is 29.5. The number of fused-ring (bicyclic) bond motifs is 1. The predicted molar refractivity (Wildman–Crippen MR) is 161 cm³/mol. The number of ether oxygens (including phenoxy) is 5. The van der Waals surface area contributed by atoms with Gasteiger partial charge in [-0.15, -0.1) is 0 Å². The molecule has 2 aliphatic heterocycles. The maximum absolute atomic E-state index is 13.9. The fraction of sp³-hybridized carbons (Fsp3) is 0.200. The molecule has 6 rings (SSSR count). The highest BCUT2D eigenvalue weighted by Crippen LogP contribution is 2.36. The van der Waals surface area contributed by atoms with Crippen LogP contribution in [0.5, 0.6) is 11.5 Å². The van der Waals surface area contributed by atoms with Crippen LogP contribution < -0.4 is 9.47 Å². The van der Waals surface area contributed by atoms with E-state index in [0.717, 1.165) is 4.90 Å². The molecule has 4 aromatic carbocycles. The van der Waals surface area contributed by atoms with Gasteiger partial charge in [-0.25, -0.2) is 9.59 Å². The molecule has 0 spiro atoms. The Labute approximate surface area is 263 Å². The Morgan fingerprint density at radius 3 is 1.67 bits per heavy atom. The first-order valence-corrected chi connectivity index (χ1v) is 14.5. The van der Waals surface area contributed by atoms with Crippen LogP contribution in [0.1, 0.15) is 41.4 Å². The van der Waals surface area contributed by atoms with Crippen molar-refractivity contribution in [1.29, 1.82) is 0 Å². The molecule has 234 valence electrons. The van der Waals surface area contributed by atoms with Crippen LogP contribution in [-0.4, -0.2) is 78.1 Å². The number of nitrogens with zero attached hydrogens (tertiary/aromatic N) is 1. The lowest BCUT2D eigenvalue weighted by molar-refractivity contribution is -0.253. The van der Waals surface area contributed by atoms with Gasteiger partial charge in [-0.2, -0.15) is 0 Å². The molecule has 2 heterocycles. The minimum absolute atomic E-state index is 0.131. The molecule has 0 unspecified atom stereocenters. The standard InChI is InChI=1S/C35H29NO10/c1-42-23-16-18-24(19-17-23)43-35-28(36-31(38)25-14-8-9-15-26(25)32(36)39)30(46-34(41)22-12-6-3-7-13-22)29(27(20-37)44-35)45-33(40)21-10-4-2-5-11-21/h2-19,27-30,35,37H,20H2,1H3/t27-,28-,29-,30-,35-/m1/s1. The highest BCUT2D eigenvalue weighted by Gasteiger charge is 2.58. The zero-order valence-corrected chi connectivity index (χ0v) is 24.6. The van der Waals surface area contributed by atoms with E-state index in [1.54, 1.807) is 72.8 Å². The fourth-order valence-corrected chi connectivity index (χ4v) is 5.48. The molecule has 11 heteroatoms. The zero-order chi connectivity index (χ0) is 32.2. The highest BCUT2D eigenvalue weighted by molar-refractivity contribution is 6.21. The Bertz CT molecular complexity index is 1690. The van der Waals surface area contributed by atoms with E-state index in [2.05, 4.69) is 0 Å². The maximum Gasteiger partial charge on any atom is 0.338 e. The molecule has 2 amide bonds. The number of hydrogen-bond acceptors (Lipinski definition) is 10. The van der Waals surface area contributed by atoms with Crippen molar-refractivity contribution in [1.82, 2.24) is 4.90 Å². The number of hydrogen-bond donors (Lipinski definition) is 1.